The highest BCUT2D eigenvalue weighted by atomic mass is 16.1. The van der Waals surface area contributed by atoms with Crippen molar-refractivity contribution in [3.8, 4) is 0 Å². The van der Waals surface area contributed by atoms with Crippen molar-refractivity contribution in [2.24, 2.45) is 5.92 Å². The molecule has 1 aromatic rings. The Morgan fingerprint density at radius 3 is 2.88 bits per heavy atom. The number of carbonyl (C=O) groups is 1. The molecule has 1 aromatic carbocycles. The maximum atomic E-state index is 11.6. The molecule has 92 valence electrons. The summed E-state index contributed by atoms with van der Waals surface area (Å²) in [6.07, 6.45) is 2.13. The van der Waals surface area contributed by atoms with Crippen molar-refractivity contribution in [3.05, 3.63) is 35.9 Å². The molecule has 1 heterocycles. The third-order valence-corrected chi connectivity index (χ3v) is 3.37. The van der Waals surface area contributed by atoms with Gasteiger partial charge in [-0.1, -0.05) is 30.3 Å². The van der Waals surface area contributed by atoms with Crippen LogP contribution in [0.1, 0.15) is 18.4 Å². The van der Waals surface area contributed by atoms with Crippen molar-refractivity contribution in [3.63, 3.8) is 0 Å². The van der Waals surface area contributed by atoms with Crippen LogP contribution in [0, 0.1) is 5.92 Å². The molecule has 0 aromatic heterocycles. The average molecular weight is 232 g/mol. The third kappa shape index (κ3) is 3.30. The number of nitrogens with one attached hydrogen (secondary N) is 1. The number of rotatable bonds is 3. The molecule has 1 amide bonds. The summed E-state index contributed by atoms with van der Waals surface area (Å²) in [5.74, 6) is 0.347. The quantitative estimate of drug-likeness (QED) is 0.859. The lowest BCUT2D eigenvalue weighted by atomic mass is 9.97. The van der Waals surface area contributed by atoms with E-state index in [-0.39, 0.29) is 11.8 Å². The molecule has 1 atom stereocenters. The Kier molecular flexibility index (Phi) is 4.15. The van der Waals surface area contributed by atoms with Gasteiger partial charge in [0.2, 0.25) is 5.91 Å². The Morgan fingerprint density at radius 2 is 2.18 bits per heavy atom. The fourth-order valence-corrected chi connectivity index (χ4v) is 2.46. The third-order valence-electron chi connectivity index (χ3n) is 3.37. The molecule has 1 saturated heterocycles. The van der Waals surface area contributed by atoms with Crippen LogP contribution in [0.15, 0.2) is 30.3 Å². The Hall–Kier alpha value is -1.35. The summed E-state index contributed by atoms with van der Waals surface area (Å²) in [6.45, 7) is 2.94. The summed E-state index contributed by atoms with van der Waals surface area (Å²) in [4.78, 5) is 14.0. The molecular weight excluding hydrogens is 212 g/mol. The van der Waals surface area contributed by atoms with E-state index in [1.807, 2.05) is 6.07 Å². The van der Waals surface area contributed by atoms with Crippen LogP contribution in [0.25, 0.3) is 0 Å². The standard InChI is InChI=1S/C14H20N2O/c1-15-14(17)13-8-5-9-16(11-13)10-12-6-3-2-4-7-12/h2-4,6-7,13H,5,8-11H2,1H3,(H,15,17)/t13-/m1/s1. The predicted octanol–water partition coefficient (Wildman–Crippen LogP) is 1.64. The number of hydrogen-bond acceptors (Lipinski definition) is 2. The minimum Gasteiger partial charge on any atom is -0.359 e. The largest absolute Gasteiger partial charge is 0.359 e. The Bertz CT molecular complexity index is 364. The maximum absolute atomic E-state index is 11.6. The average Bonchev–Trinajstić information content (AvgIpc) is 2.39. The smallest absolute Gasteiger partial charge is 0.224 e. The van der Waals surface area contributed by atoms with Gasteiger partial charge in [0.25, 0.3) is 0 Å². The second-order valence-corrected chi connectivity index (χ2v) is 4.67. The van der Waals surface area contributed by atoms with E-state index in [9.17, 15) is 4.79 Å². The van der Waals surface area contributed by atoms with Gasteiger partial charge < -0.3 is 5.32 Å². The number of nitrogens with zero attached hydrogens (tertiary/aromatic N) is 1. The molecule has 0 bridgehead atoms. The lowest BCUT2D eigenvalue weighted by Crippen LogP contribution is -2.41. The Labute approximate surface area is 103 Å². The van der Waals surface area contributed by atoms with Gasteiger partial charge in [-0.05, 0) is 24.9 Å². The van der Waals surface area contributed by atoms with Crippen LogP contribution in [0.5, 0.6) is 0 Å². The first-order valence-electron chi connectivity index (χ1n) is 6.27. The van der Waals surface area contributed by atoms with E-state index < -0.39 is 0 Å². The van der Waals surface area contributed by atoms with E-state index in [2.05, 4.69) is 34.5 Å². The van der Waals surface area contributed by atoms with Gasteiger partial charge in [0.15, 0.2) is 0 Å². The van der Waals surface area contributed by atoms with Gasteiger partial charge in [0.05, 0.1) is 5.92 Å². The van der Waals surface area contributed by atoms with Crippen LogP contribution in [0.4, 0.5) is 0 Å². The summed E-state index contributed by atoms with van der Waals surface area (Å²) in [5.41, 5.74) is 1.32. The molecule has 0 spiro atoms. The van der Waals surface area contributed by atoms with Crippen LogP contribution in [0.2, 0.25) is 0 Å². The molecule has 0 radical (unpaired) electrons. The molecule has 0 saturated carbocycles. The Balaban J connectivity index is 1.92. The van der Waals surface area contributed by atoms with Crippen molar-refractivity contribution in [1.29, 1.82) is 0 Å². The number of benzene rings is 1. The molecule has 0 aliphatic carbocycles. The molecule has 17 heavy (non-hydrogen) atoms. The molecular formula is C14H20N2O. The number of carbonyl (C=O) groups excluding carboxylic acids is 1. The van der Waals surface area contributed by atoms with Gasteiger partial charge in [-0.3, -0.25) is 9.69 Å². The van der Waals surface area contributed by atoms with Crippen molar-refractivity contribution in [2.75, 3.05) is 20.1 Å². The Morgan fingerprint density at radius 1 is 1.41 bits per heavy atom. The number of piperidine rings is 1. The first kappa shape index (κ1) is 12.1. The first-order valence-corrected chi connectivity index (χ1v) is 6.27. The monoisotopic (exact) mass is 232 g/mol. The van der Waals surface area contributed by atoms with Crippen molar-refractivity contribution >= 4 is 5.91 Å². The van der Waals surface area contributed by atoms with Crippen LogP contribution < -0.4 is 5.32 Å². The highest BCUT2D eigenvalue weighted by molar-refractivity contribution is 5.78. The molecule has 1 fully saturated rings. The van der Waals surface area contributed by atoms with E-state index in [4.69, 9.17) is 0 Å². The minimum atomic E-state index is 0.164. The van der Waals surface area contributed by atoms with Crippen molar-refractivity contribution in [1.82, 2.24) is 10.2 Å². The number of amides is 1. The summed E-state index contributed by atoms with van der Waals surface area (Å²) >= 11 is 0. The zero-order valence-corrected chi connectivity index (χ0v) is 10.4. The first-order chi connectivity index (χ1) is 8.29. The molecule has 0 unspecified atom stereocenters. The zero-order chi connectivity index (χ0) is 12.1. The summed E-state index contributed by atoms with van der Waals surface area (Å²) in [6, 6.07) is 10.4. The van der Waals surface area contributed by atoms with E-state index in [1.165, 1.54) is 5.56 Å². The van der Waals surface area contributed by atoms with Gasteiger partial charge in [-0.15, -0.1) is 0 Å². The second kappa shape index (κ2) is 5.82. The normalized spacial score (nSPS) is 21.1. The molecule has 1 N–H and O–H groups in total. The van der Waals surface area contributed by atoms with Crippen LogP contribution in [0.3, 0.4) is 0 Å². The fourth-order valence-electron chi connectivity index (χ4n) is 2.46. The topological polar surface area (TPSA) is 32.3 Å². The number of likely N-dealkylation sites (tertiary alicyclic amines) is 1. The zero-order valence-electron chi connectivity index (χ0n) is 10.4. The van der Waals surface area contributed by atoms with Crippen LogP contribution in [-0.2, 0) is 11.3 Å². The summed E-state index contributed by atoms with van der Waals surface area (Å²) in [5, 5.41) is 2.75. The molecule has 3 nitrogen and oxygen atoms in total. The highest BCUT2D eigenvalue weighted by Crippen LogP contribution is 2.18. The van der Waals surface area contributed by atoms with E-state index in [0.29, 0.717) is 0 Å². The van der Waals surface area contributed by atoms with E-state index in [0.717, 1.165) is 32.5 Å². The lowest BCUT2D eigenvalue weighted by Gasteiger charge is -2.31. The summed E-state index contributed by atoms with van der Waals surface area (Å²) in [7, 11) is 1.72. The van der Waals surface area contributed by atoms with E-state index in [1.54, 1.807) is 7.05 Å². The molecule has 1 aliphatic rings. The van der Waals surface area contributed by atoms with Gasteiger partial charge in [0.1, 0.15) is 0 Å². The van der Waals surface area contributed by atoms with Gasteiger partial charge in [0, 0.05) is 20.1 Å². The van der Waals surface area contributed by atoms with Gasteiger partial charge in [-0.25, -0.2) is 0 Å². The predicted molar refractivity (Wildman–Crippen MR) is 68.5 cm³/mol. The maximum Gasteiger partial charge on any atom is 0.224 e. The highest BCUT2D eigenvalue weighted by Gasteiger charge is 2.24. The van der Waals surface area contributed by atoms with E-state index >= 15 is 0 Å². The molecule has 1 aliphatic heterocycles. The second-order valence-electron chi connectivity index (χ2n) is 4.67. The van der Waals surface area contributed by atoms with Crippen molar-refractivity contribution < 1.29 is 4.79 Å². The van der Waals surface area contributed by atoms with Gasteiger partial charge in [-0.2, -0.15) is 0 Å². The number of hydrogen-bond donors (Lipinski definition) is 1. The fraction of sp³-hybridized carbons (Fsp3) is 0.500. The van der Waals surface area contributed by atoms with Crippen LogP contribution >= 0.6 is 0 Å². The van der Waals surface area contributed by atoms with Gasteiger partial charge >= 0.3 is 0 Å². The SMILES string of the molecule is CNC(=O)[C@@H]1CCCN(Cc2ccccc2)C1. The van der Waals surface area contributed by atoms with Crippen molar-refractivity contribution in [2.45, 2.75) is 19.4 Å². The molecule has 3 heteroatoms. The lowest BCUT2D eigenvalue weighted by molar-refractivity contribution is -0.126. The molecule has 2 rings (SSSR count). The van der Waals surface area contributed by atoms with Crippen LogP contribution in [-0.4, -0.2) is 30.9 Å². The minimum absolute atomic E-state index is 0.164. The summed E-state index contributed by atoms with van der Waals surface area (Å²) < 4.78 is 0.